The molecule has 3 heterocycles. The summed E-state index contributed by atoms with van der Waals surface area (Å²) >= 11 is 34.6. The van der Waals surface area contributed by atoms with Crippen LogP contribution in [0.1, 0.15) is 50.9 Å². The first-order valence-corrected chi connectivity index (χ1v) is 49.6. The number of thioether (sulfide) groups is 2. The first kappa shape index (κ1) is 100. The maximum absolute atomic E-state index is 12.5. The molecule has 0 fully saturated rings. The molecule has 0 amide bonds. The maximum atomic E-state index is 12.5. The number of carboxylic acids is 1. The lowest BCUT2D eigenvalue weighted by atomic mass is 9.81. The summed E-state index contributed by atoms with van der Waals surface area (Å²) in [5.41, 5.74) is 13.6. The number of nitrogens with zero attached hydrogens (tertiary/aromatic N) is 7. The summed E-state index contributed by atoms with van der Waals surface area (Å²) < 4.78 is 24.7. The lowest BCUT2D eigenvalue weighted by Crippen LogP contribution is -2.29. The Morgan fingerprint density at radius 3 is 1.03 bits per heavy atom. The van der Waals surface area contributed by atoms with Crippen LogP contribution >= 0.6 is 190 Å². The van der Waals surface area contributed by atoms with Crippen LogP contribution in [0, 0.1) is 3.57 Å². The Hall–Kier alpha value is -8.82. The minimum atomic E-state index is -1.37. The first-order valence-electron chi connectivity index (χ1n) is 38.4. The van der Waals surface area contributed by atoms with E-state index in [1.807, 2.05) is 158 Å². The predicted octanol–water partition coefficient (Wildman–Crippen LogP) is 27.1. The number of halogens is 7. The Kier molecular flexibility index (Phi) is 41.7. The van der Waals surface area contributed by atoms with E-state index in [4.69, 9.17) is 29.4 Å². The molecule has 0 aliphatic carbocycles. The second-order valence-corrected chi connectivity index (χ2v) is 38.4. The zero-order valence-electron chi connectivity index (χ0n) is 68.3. The normalized spacial score (nSPS) is 10.4. The number of H-pyrrole nitrogens is 2. The predicted molar refractivity (Wildman–Crippen MR) is 548 cm³/mol. The highest BCUT2D eigenvalue weighted by Gasteiger charge is 2.24. The molecule has 16 aromatic rings. The Balaban J connectivity index is 0.000000161. The minimum Gasteiger partial charge on any atom is -0.497 e. The molecular formula is C95H79BBr6IN9O9S6. The molecule has 0 saturated carbocycles. The van der Waals surface area contributed by atoms with Gasteiger partial charge in [0.15, 0.2) is 10.1 Å². The van der Waals surface area contributed by atoms with Gasteiger partial charge in [-0.05, 0) is 285 Å². The molecule has 0 unspecified atom stereocenters. The van der Waals surface area contributed by atoms with Gasteiger partial charge in [0.1, 0.15) is 10.8 Å². The van der Waals surface area contributed by atoms with Gasteiger partial charge in [-0.25, -0.2) is 19.1 Å². The standard InChI is InChI=1S/C25H22BrN3O3S.C17H14BrN3O2S.C15H10BrN3O2S.C13H11BrS.C12H9BrS.C7H7IS.C6H6BBrO2/c1-3-32-25(30)23-24(29(28-27-23)16-17-4-12-21(31-2)13-5-17)33-22-14-8-19(9-15-22)18-6-10-20(26)11-7-18;1-2-23-17(22)15-16(20-21-19-15)24-14-9-5-12(6-10-14)11-3-7-13(18)8-4-11;16-11-5-1-9(2-6-11)10-3-7-12(8-4-10)22-14-13(15(20)21)17-19-18-14;1-15-13-8-4-11(5-9-13)10-2-6-12(14)7-3-10;13-11-5-1-9(2-6-11)10-3-7-12(14)8-4-10;1-9-7-4-2-6(8)3-5-7;8-6-3-1-5(2-4-6)7(9)10/h4-15H,3,16H2,1-2H3;3-10H,2H2,1H3,(H,19,20,21);1-8H,(H,20,21)(H,17,18,19);2-9H,1H3;1-8,14H;2-5H,1H3;1-4,9-10H. The minimum absolute atomic E-state index is 0.0676. The largest absolute Gasteiger partial charge is 0.497 e. The van der Waals surface area contributed by atoms with Crippen molar-refractivity contribution in [3.05, 3.63) is 369 Å². The van der Waals surface area contributed by atoms with Gasteiger partial charge in [0.25, 0.3) is 0 Å². The number of esters is 2. The lowest BCUT2D eigenvalue weighted by Gasteiger charge is -2.09. The maximum Gasteiger partial charge on any atom is 0.488 e. The van der Waals surface area contributed by atoms with Crippen LogP contribution in [0.15, 0.2) is 387 Å². The molecule has 32 heteroatoms. The van der Waals surface area contributed by atoms with Gasteiger partial charge in [-0.15, -0.1) is 61.6 Å². The number of rotatable bonds is 22. The fourth-order valence-corrected chi connectivity index (χ4v) is 16.6. The van der Waals surface area contributed by atoms with Crippen LogP contribution < -0.4 is 10.2 Å². The van der Waals surface area contributed by atoms with Crippen molar-refractivity contribution in [2.75, 3.05) is 32.8 Å². The van der Waals surface area contributed by atoms with Crippen molar-refractivity contribution < 1.29 is 43.7 Å². The van der Waals surface area contributed by atoms with E-state index in [1.165, 1.54) is 70.9 Å². The molecule has 0 atom stereocenters. The van der Waals surface area contributed by atoms with E-state index in [0.717, 1.165) is 91.1 Å². The third kappa shape index (κ3) is 32.7. The molecule has 0 saturated heterocycles. The molecule has 18 nitrogen and oxygen atoms in total. The molecule has 16 rings (SSSR count). The van der Waals surface area contributed by atoms with Crippen molar-refractivity contribution in [3.63, 3.8) is 0 Å². The second kappa shape index (κ2) is 52.7. The van der Waals surface area contributed by atoms with Crippen LogP contribution in [-0.4, -0.2) is 119 Å². The highest BCUT2D eigenvalue weighted by molar-refractivity contribution is 14.1. The van der Waals surface area contributed by atoms with Crippen LogP contribution in [0.2, 0.25) is 0 Å². The summed E-state index contributed by atoms with van der Waals surface area (Å²) in [4.78, 5) is 41.8. The number of hydrogen-bond donors (Lipinski definition) is 6. The van der Waals surface area contributed by atoms with E-state index < -0.39 is 25.0 Å². The fourth-order valence-electron chi connectivity index (χ4n) is 11.1. The SMILES string of the molecule is CCOC(=O)c1n[nH]nc1Sc1ccc(-c2ccc(Br)cc2)cc1.CCOC(=O)c1nnn(Cc2ccc(OC)cc2)c1Sc1ccc(-c2ccc(Br)cc2)cc1.CSc1ccc(-c2ccc(Br)cc2)cc1.CSc1ccc(I)cc1.O=C(O)c1n[nH]nc1Sc1ccc(-c2ccc(Br)cc2)cc1.OB(O)c1ccc(Br)cc1.Sc1ccc(-c2ccc(Br)cc2)cc1. The third-order valence-electron chi connectivity index (χ3n) is 17.6. The summed E-state index contributed by atoms with van der Waals surface area (Å²) in [6.45, 7) is 4.57. The van der Waals surface area contributed by atoms with E-state index in [1.54, 1.807) is 73.4 Å². The summed E-state index contributed by atoms with van der Waals surface area (Å²) in [5, 5.41) is 56.4. The van der Waals surface area contributed by atoms with E-state index >= 15 is 0 Å². The number of carboxylic acid groups (broad SMARTS) is 1. The Morgan fingerprint density at radius 1 is 0.402 bits per heavy atom. The molecule has 0 spiro atoms. The summed E-state index contributed by atoms with van der Waals surface area (Å²) in [6, 6.07) is 105. The molecule has 3 aromatic heterocycles. The van der Waals surface area contributed by atoms with Gasteiger partial charge >= 0.3 is 25.0 Å². The van der Waals surface area contributed by atoms with Crippen molar-refractivity contribution in [1.29, 1.82) is 0 Å². The van der Waals surface area contributed by atoms with Crippen molar-refractivity contribution in [3.8, 4) is 61.4 Å². The number of aromatic nitrogens is 9. The van der Waals surface area contributed by atoms with E-state index in [9.17, 15) is 14.4 Å². The van der Waals surface area contributed by atoms with Crippen LogP contribution in [0.3, 0.4) is 0 Å². The Labute approximate surface area is 828 Å². The van der Waals surface area contributed by atoms with Crippen molar-refractivity contribution in [2.45, 2.75) is 64.8 Å². The van der Waals surface area contributed by atoms with Gasteiger partial charge < -0.3 is 29.4 Å². The van der Waals surface area contributed by atoms with Gasteiger partial charge in [0.2, 0.25) is 17.1 Å². The number of nitrogens with one attached hydrogen (secondary N) is 2. The number of thiol groups is 1. The van der Waals surface area contributed by atoms with Crippen LogP contribution in [0.4, 0.5) is 0 Å². The zero-order chi connectivity index (χ0) is 90.6. The number of carbonyl (C=O) groups is 3. The quantitative estimate of drug-likeness (QED) is 0.0121. The molecule has 646 valence electrons. The zero-order valence-corrected chi connectivity index (χ0v) is 84.9. The molecule has 0 bridgehead atoms. The Bertz CT molecular complexity index is 6060. The van der Waals surface area contributed by atoms with E-state index in [-0.39, 0.29) is 23.7 Å². The topological polar surface area (TPSA) is 253 Å². The average Bonchev–Trinajstić information content (AvgIpc) is 1.68. The second-order valence-electron chi connectivity index (χ2n) is 26.2. The third-order valence-corrected chi connectivity index (χ3v) is 26.4. The van der Waals surface area contributed by atoms with Gasteiger partial charge in [-0.2, -0.15) is 10.4 Å². The van der Waals surface area contributed by atoms with Crippen molar-refractivity contribution in [2.24, 2.45) is 0 Å². The summed E-state index contributed by atoms with van der Waals surface area (Å²) in [6.07, 6.45) is 4.18. The number of methoxy groups -OCH3 is 1. The van der Waals surface area contributed by atoms with Gasteiger partial charge in [-0.3, -0.25) is 0 Å². The number of aromatic carboxylic acids is 1. The molecular weight excluding hydrogens is 2220 g/mol. The highest BCUT2D eigenvalue weighted by atomic mass is 127. The number of ether oxygens (including phenoxy) is 3. The van der Waals surface area contributed by atoms with Crippen molar-refractivity contribution in [1.82, 2.24) is 45.8 Å². The lowest BCUT2D eigenvalue weighted by molar-refractivity contribution is 0.0505. The van der Waals surface area contributed by atoms with Gasteiger partial charge in [-0.1, -0.05) is 282 Å². The molecule has 5 N–H and O–H groups in total. The van der Waals surface area contributed by atoms with Crippen LogP contribution in [0.5, 0.6) is 5.75 Å². The molecule has 127 heavy (non-hydrogen) atoms. The smallest absolute Gasteiger partial charge is 0.488 e. The van der Waals surface area contributed by atoms with E-state index in [2.05, 4.69) is 318 Å². The fraction of sp³-hybridized carbons (Fsp3) is 0.0842. The highest BCUT2D eigenvalue weighted by Crippen LogP contribution is 2.36. The number of carbonyl (C=O) groups excluding carboxylic acids is 2. The monoisotopic (exact) mass is 2290 g/mol. The Morgan fingerprint density at radius 2 is 0.701 bits per heavy atom. The van der Waals surface area contributed by atoms with Gasteiger partial charge in [0.05, 0.1) is 26.9 Å². The van der Waals surface area contributed by atoms with Crippen molar-refractivity contribution >= 4 is 220 Å². The van der Waals surface area contributed by atoms with E-state index in [0.29, 0.717) is 33.7 Å². The average molecular weight is 2300 g/mol. The molecule has 0 radical (unpaired) electrons. The number of benzene rings is 13. The number of aromatic amines is 2. The molecule has 0 aliphatic rings. The summed E-state index contributed by atoms with van der Waals surface area (Å²) in [5.74, 6) is -1.26. The van der Waals surface area contributed by atoms with Crippen LogP contribution in [0.25, 0.3) is 55.6 Å². The first-order chi connectivity index (χ1) is 61.4. The van der Waals surface area contributed by atoms with Gasteiger partial charge in [0, 0.05) is 59.8 Å². The van der Waals surface area contributed by atoms with Crippen LogP contribution in [-0.2, 0) is 16.0 Å². The number of hydrogen-bond acceptors (Lipinski definition) is 20. The molecule has 13 aromatic carbocycles. The molecule has 0 aliphatic heterocycles. The summed E-state index contributed by atoms with van der Waals surface area (Å²) in [7, 11) is 0.266.